The Morgan fingerprint density at radius 2 is 2.00 bits per heavy atom. The van der Waals surface area contributed by atoms with Crippen LogP contribution in [0.3, 0.4) is 0 Å². The maximum Gasteiger partial charge on any atom is 0.333 e. The van der Waals surface area contributed by atoms with E-state index in [1.165, 1.54) is 19.2 Å². The molecule has 0 bridgehead atoms. The summed E-state index contributed by atoms with van der Waals surface area (Å²) in [4.78, 5) is 12.0. The number of rotatable bonds is 4. The number of benzene rings is 2. The summed E-state index contributed by atoms with van der Waals surface area (Å²) in [6.45, 7) is 1.79. The average molecular weight is 352 g/mol. The number of ether oxygens (including phenoxy) is 1. The van der Waals surface area contributed by atoms with Gasteiger partial charge in [0, 0.05) is 10.2 Å². The molecule has 0 aliphatic rings. The van der Waals surface area contributed by atoms with Crippen molar-refractivity contribution in [3.63, 3.8) is 0 Å². The summed E-state index contributed by atoms with van der Waals surface area (Å²) in [5.74, 6) is -0.794. The third-order valence-electron chi connectivity index (χ3n) is 3.01. The van der Waals surface area contributed by atoms with Crippen molar-refractivity contribution in [3.05, 3.63) is 63.9 Å². The average Bonchev–Trinajstić information content (AvgIpc) is 2.44. The van der Waals surface area contributed by atoms with E-state index in [1.807, 2.05) is 24.3 Å². The maximum absolute atomic E-state index is 13.5. The summed E-state index contributed by atoms with van der Waals surface area (Å²) < 4.78 is 19.1. The highest BCUT2D eigenvalue weighted by molar-refractivity contribution is 9.10. The van der Waals surface area contributed by atoms with Crippen LogP contribution in [0.15, 0.2) is 46.9 Å². The van der Waals surface area contributed by atoms with Crippen molar-refractivity contribution >= 4 is 27.6 Å². The van der Waals surface area contributed by atoms with E-state index in [-0.39, 0.29) is 5.82 Å². The molecule has 0 aromatic heterocycles. The van der Waals surface area contributed by atoms with Crippen molar-refractivity contribution in [1.29, 1.82) is 0 Å². The number of methoxy groups -OCH3 is 1. The largest absolute Gasteiger partial charge is 0.467 e. The van der Waals surface area contributed by atoms with Gasteiger partial charge in [0.05, 0.1) is 7.11 Å². The van der Waals surface area contributed by atoms with Crippen LogP contribution < -0.4 is 5.32 Å². The molecule has 0 amide bonds. The van der Waals surface area contributed by atoms with Crippen LogP contribution >= 0.6 is 15.9 Å². The van der Waals surface area contributed by atoms with E-state index in [0.717, 1.165) is 15.6 Å². The number of carbonyl (C=O) groups excluding carboxylic acids is 1. The lowest BCUT2D eigenvalue weighted by Crippen LogP contribution is -2.22. The second-order valence-electron chi connectivity index (χ2n) is 4.64. The Labute approximate surface area is 131 Å². The SMILES string of the molecule is COC(=O)C(Nc1cc(C)cc(F)c1)c1ccccc1Br. The van der Waals surface area contributed by atoms with E-state index in [9.17, 15) is 9.18 Å². The van der Waals surface area contributed by atoms with Gasteiger partial charge in [-0.25, -0.2) is 9.18 Å². The number of esters is 1. The number of halogens is 2. The second kappa shape index (κ2) is 6.72. The van der Waals surface area contributed by atoms with Gasteiger partial charge in [-0.05, 0) is 42.3 Å². The maximum atomic E-state index is 13.5. The fourth-order valence-corrected chi connectivity index (χ4v) is 2.59. The van der Waals surface area contributed by atoms with E-state index < -0.39 is 12.0 Å². The number of hydrogen-bond acceptors (Lipinski definition) is 3. The minimum Gasteiger partial charge on any atom is -0.467 e. The van der Waals surface area contributed by atoms with Crippen molar-refractivity contribution < 1.29 is 13.9 Å². The van der Waals surface area contributed by atoms with Crippen LogP contribution in [-0.2, 0) is 9.53 Å². The van der Waals surface area contributed by atoms with Gasteiger partial charge < -0.3 is 10.1 Å². The molecule has 1 atom stereocenters. The van der Waals surface area contributed by atoms with Gasteiger partial charge in [0.2, 0.25) is 0 Å². The van der Waals surface area contributed by atoms with Crippen LogP contribution in [0, 0.1) is 12.7 Å². The fourth-order valence-electron chi connectivity index (χ4n) is 2.08. The van der Waals surface area contributed by atoms with E-state index in [0.29, 0.717) is 5.69 Å². The lowest BCUT2D eigenvalue weighted by molar-refractivity contribution is -0.141. The number of nitrogens with one attached hydrogen (secondary N) is 1. The van der Waals surface area contributed by atoms with Gasteiger partial charge in [-0.2, -0.15) is 0 Å². The zero-order chi connectivity index (χ0) is 15.4. The third-order valence-corrected chi connectivity index (χ3v) is 3.73. The number of hydrogen-bond donors (Lipinski definition) is 1. The van der Waals surface area contributed by atoms with Crippen LogP contribution in [0.4, 0.5) is 10.1 Å². The van der Waals surface area contributed by atoms with Gasteiger partial charge in [0.15, 0.2) is 6.04 Å². The fraction of sp³-hybridized carbons (Fsp3) is 0.188. The zero-order valence-electron chi connectivity index (χ0n) is 11.7. The van der Waals surface area contributed by atoms with Crippen molar-refractivity contribution in [3.8, 4) is 0 Å². The molecular formula is C16H15BrFNO2. The van der Waals surface area contributed by atoms with Crippen LogP contribution in [0.2, 0.25) is 0 Å². The molecule has 0 radical (unpaired) electrons. The second-order valence-corrected chi connectivity index (χ2v) is 5.49. The van der Waals surface area contributed by atoms with E-state index >= 15 is 0 Å². The predicted molar refractivity (Wildman–Crippen MR) is 83.7 cm³/mol. The highest BCUT2D eigenvalue weighted by atomic mass is 79.9. The molecular weight excluding hydrogens is 337 g/mol. The Balaban J connectivity index is 2.38. The molecule has 0 saturated carbocycles. The summed E-state index contributed by atoms with van der Waals surface area (Å²) in [5, 5.41) is 3.02. The number of aryl methyl sites for hydroxylation is 1. The standard InChI is InChI=1S/C16H15BrFNO2/c1-10-7-11(18)9-12(8-10)19-15(16(20)21-2)13-5-3-4-6-14(13)17/h3-9,15,19H,1-2H3. The van der Waals surface area contributed by atoms with Crippen LogP contribution in [0.25, 0.3) is 0 Å². The summed E-state index contributed by atoms with van der Waals surface area (Å²) in [6.07, 6.45) is 0. The van der Waals surface area contributed by atoms with Crippen molar-refractivity contribution in [1.82, 2.24) is 0 Å². The van der Waals surface area contributed by atoms with E-state index in [2.05, 4.69) is 21.2 Å². The Bertz CT molecular complexity index is 640. The summed E-state index contributed by atoms with van der Waals surface area (Å²) in [7, 11) is 1.32. The first-order valence-electron chi connectivity index (χ1n) is 6.37. The highest BCUT2D eigenvalue weighted by Crippen LogP contribution is 2.28. The molecule has 0 aliphatic heterocycles. The first-order chi connectivity index (χ1) is 10.0. The number of anilines is 1. The van der Waals surface area contributed by atoms with Crippen LogP contribution in [0.1, 0.15) is 17.2 Å². The van der Waals surface area contributed by atoms with Gasteiger partial charge in [0.25, 0.3) is 0 Å². The van der Waals surface area contributed by atoms with Crippen molar-refractivity contribution in [2.75, 3.05) is 12.4 Å². The molecule has 21 heavy (non-hydrogen) atoms. The lowest BCUT2D eigenvalue weighted by atomic mass is 10.1. The van der Waals surface area contributed by atoms with Gasteiger partial charge >= 0.3 is 5.97 Å². The highest BCUT2D eigenvalue weighted by Gasteiger charge is 2.23. The Morgan fingerprint density at radius 3 is 2.62 bits per heavy atom. The first-order valence-corrected chi connectivity index (χ1v) is 7.16. The summed E-state index contributed by atoms with van der Waals surface area (Å²) in [6, 6.07) is 11.2. The monoisotopic (exact) mass is 351 g/mol. The van der Waals surface area contributed by atoms with Gasteiger partial charge in [-0.15, -0.1) is 0 Å². The minimum absolute atomic E-state index is 0.353. The predicted octanol–water partition coefficient (Wildman–Crippen LogP) is 4.22. The molecule has 2 aromatic carbocycles. The lowest BCUT2D eigenvalue weighted by Gasteiger charge is -2.19. The Morgan fingerprint density at radius 1 is 1.29 bits per heavy atom. The smallest absolute Gasteiger partial charge is 0.333 e. The summed E-state index contributed by atoms with van der Waals surface area (Å²) in [5.41, 5.74) is 2.03. The molecule has 0 spiro atoms. The topological polar surface area (TPSA) is 38.3 Å². The molecule has 0 aliphatic carbocycles. The van der Waals surface area contributed by atoms with E-state index in [1.54, 1.807) is 13.0 Å². The first kappa shape index (κ1) is 15.5. The minimum atomic E-state index is -0.716. The Hall–Kier alpha value is -1.88. The molecule has 1 unspecified atom stereocenters. The van der Waals surface area contributed by atoms with Gasteiger partial charge in [-0.1, -0.05) is 34.1 Å². The third kappa shape index (κ3) is 3.82. The quantitative estimate of drug-likeness (QED) is 0.838. The van der Waals surface area contributed by atoms with Crippen LogP contribution in [0.5, 0.6) is 0 Å². The van der Waals surface area contributed by atoms with Crippen molar-refractivity contribution in [2.45, 2.75) is 13.0 Å². The Kier molecular flexibility index (Phi) is 4.96. The summed E-state index contributed by atoms with van der Waals surface area (Å²) >= 11 is 3.41. The normalized spacial score (nSPS) is 11.8. The van der Waals surface area contributed by atoms with Gasteiger partial charge in [-0.3, -0.25) is 0 Å². The molecule has 110 valence electrons. The van der Waals surface area contributed by atoms with Crippen molar-refractivity contribution in [2.24, 2.45) is 0 Å². The molecule has 0 heterocycles. The molecule has 2 rings (SSSR count). The molecule has 0 fully saturated rings. The zero-order valence-corrected chi connectivity index (χ0v) is 13.3. The number of carbonyl (C=O) groups is 1. The van der Waals surface area contributed by atoms with Crippen LogP contribution in [-0.4, -0.2) is 13.1 Å². The molecule has 1 N–H and O–H groups in total. The van der Waals surface area contributed by atoms with Gasteiger partial charge in [0.1, 0.15) is 5.82 Å². The molecule has 0 saturated heterocycles. The molecule has 3 nitrogen and oxygen atoms in total. The molecule has 2 aromatic rings. The van der Waals surface area contributed by atoms with E-state index in [4.69, 9.17) is 4.74 Å². The molecule has 5 heteroatoms.